The number of allylic oxidation sites excluding steroid dienone is 1. The van der Waals surface area contributed by atoms with Crippen molar-refractivity contribution >= 4 is 12.3 Å². The van der Waals surface area contributed by atoms with Gasteiger partial charge in [0, 0.05) is 18.3 Å². The molecule has 82 valence electrons. The molecule has 4 heteroatoms. The van der Waals surface area contributed by atoms with Crippen LogP contribution >= 0.6 is 0 Å². The van der Waals surface area contributed by atoms with Crippen molar-refractivity contribution in [2.45, 2.75) is 20.8 Å². The van der Waals surface area contributed by atoms with Gasteiger partial charge in [0.1, 0.15) is 0 Å². The number of hydrazone groups is 1. The summed E-state index contributed by atoms with van der Waals surface area (Å²) in [7, 11) is 0. The highest BCUT2D eigenvalue weighted by atomic mass is 16.6. The minimum atomic E-state index is -0.413. The molecule has 0 radical (unpaired) electrons. The molecule has 15 heavy (non-hydrogen) atoms. The Balaban J connectivity index is 2.04. The second kappa shape index (κ2) is 3.36. The van der Waals surface area contributed by atoms with Crippen LogP contribution in [0.5, 0.6) is 0 Å². The summed E-state index contributed by atoms with van der Waals surface area (Å²) in [5, 5.41) is 5.36. The van der Waals surface area contributed by atoms with Crippen LogP contribution in [0.2, 0.25) is 0 Å². The van der Waals surface area contributed by atoms with Crippen LogP contribution in [0.3, 0.4) is 0 Å². The maximum Gasteiger partial charge on any atom is 0.434 e. The summed E-state index contributed by atoms with van der Waals surface area (Å²) in [6, 6.07) is 0. The van der Waals surface area contributed by atoms with Gasteiger partial charge in [-0.15, -0.1) is 0 Å². The van der Waals surface area contributed by atoms with Crippen molar-refractivity contribution in [1.82, 2.24) is 5.01 Å². The molecule has 1 aliphatic carbocycles. The van der Waals surface area contributed by atoms with E-state index >= 15 is 0 Å². The van der Waals surface area contributed by atoms with Gasteiger partial charge < -0.3 is 4.74 Å². The number of carbonyl (C=O) groups excluding carboxylic acids is 1. The van der Waals surface area contributed by atoms with E-state index in [0.717, 1.165) is 0 Å². The standard InChI is InChI=1S/C11H16N2O2/c1-4-15-10(14)13-6-5-8-9(7-12-13)11(8,2)3/h5-9H,4H2,1-3H3. The fourth-order valence-electron chi connectivity index (χ4n) is 2.02. The number of hydrogen-bond acceptors (Lipinski definition) is 3. The van der Waals surface area contributed by atoms with E-state index in [9.17, 15) is 4.79 Å². The van der Waals surface area contributed by atoms with Crippen molar-refractivity contribution in [3.05, 3.63) is 12.3 Å². The van der Waals surface area contributed by atoms with Crippen molar-refractivity contribution in [3.8, 4) is 0 Å². The van der Waals surface area contributed by atoms with Crippen molar-refractivity contribution in [1.29, 1.82) is 0 Å². The Labute approximate surface area is 89.6 Å². The molecule has 4 nitrogen and oxygen atoms in total. The summed E-state index contributed by atoms with van der Waals surface area (Å²) < 4.78 is 4.86. The zero-order valence-corrected chi connectivity index (χ0v) is 9.30. The van der Waals surface area contributed by atoms with Crippen LogP contribution in [-0.2, 0) is 4.74 Å². The number of hydrogen-bond donors (Lipinski definition) is 0. The van der Waals surface area contributed by atoms with Crippen molar-refractivity contribution < 1.29 is 9.53 Å². The van der Waals surface area contributed by atoms with E-state index in [1.807, 2.05) is 12.3 Å². The lowest BCUT2D eigenvalue weighted by Gasteiger charge is -2.11. The van der Waals surface area contributed by atoms with Crippen molar-refractivity contribution in [3.63, 3.8) is 0 Å². The molecule has 1 saturated carbocycles. The largest absolute Gasteiger partial charge is 0.448 e. The highest BCUT2D eigenvalue weighted by molar-refractivity contribution is 5.74. The van der Waals surface area contributed by atoms with Crippen LogP contribution in [0.1, 0.15) is 20.8 Å². The van der Waals surface area contributed by atoms with Crippen molar-refractivity contribution in [2.24, 2.45) is 22.4 Å². The van der Waals surface area contributed by atoms with Gasteiger partial charge >= 0.3 is 6.09 Å². The predicted molar refractivity (Wildman–Crippen MR) is 57.3 cm³/mol. The van der Waals surface area contributed by atoms with E-state index in [2.05, 4.69) is 18.9 Å². The third-order valence-corrected chi connectivity index (χ3v) is 3.24. The van der Waals surface area contributed by atoms with E-state index in [1.165, 1.54) is 5.01 Å². The van der Waals surface area contributed by atoms with Gasteiger partial charge in [0.2, 0.25) is 0 Å². The molecule has 2 aliphatic rings. The monoisotopic (exact) mass is 208 g/mol. The van der Waals surface area contributed by atoms with Gasteiger partial charge in [0.05, 0.1) is 6.61 Å². The third kappa shape index (κ3) is 1.64. The van der Waals surface area contributed by atoms with Gasteiger partial charge in [-0.25, -0.2) is 4.79 Å². The SMILES string of the molecule is CCOC(=O)N1C=CC2C(C=N1)C2(C)C. The highest BCUT2D eigenvalue weighted by Crippen LogP contribution is 2.58. The molecule has 0 aromatic carbocycles. The summed E-state index contributed by atoms with van der Waals surface area (Å²) in [4.78, 5) is 11.4. The zero-order chi connectivity index (χ0) is 11.1. The van der Waals surface area contributed by atoms with Crippen LogP contribution in [-0.4, -0.2) is 23.9 Å². The molecule has 2 unspecified atom stereocenters. The van der Waals surface area contributed by atoms with Gasteiger partial charge in [-0.05, 0) is 18.3 Å². The van der Waals surface area contributed by atoms with Crippen LogP contribution in [0.25, 0.3) is 0 Å². The fraction of sp³-hybridized carbons (Fsp3) is 0.636. The average Bonchev–Trinajstić information content (AvgIpc) is 2.78. The lowest BCUT2D eigenvalue weighted by Crippen LogP contribution is -2.21. The van der Waals surface area contributed by atoms with E-state index in [0.29, 0.717) is 23.9 Å². The van der Waals surface area contributed by atoms with Crippen LogP contribution in [0.4, 0.5) is 4.79 Å². The molecule has 2 atom stereocenters. The van der Waals surface area contributed by atoms with Gasteiger partial charge in [-0.2, -0.15) is 10.1 Å². The first kappa shape index (κ1) is 10.2. The number of nitrogens with zero attached hydrogens (tertiary/aromatic N) is 2. The second-order valence-corrected chi connectivity index (χ2v) is 4.52. The number of rotatable bonds is 1. The molecular weight excluding hydrogens is 192 g/mol. The Bertz CT molecular complexity index is 311. The molecule has 1 fully saturated rings. The normalized spacial score (nSPS) is 30.7. The number of ether oxygens (including phenoxy) is 1. The van der Waals surface area contributed by atoms with E-state index in [4.69, 9.17) is 4.74 Å². The quantitative estimate of drug-likeness (QED) is 0.663. The Hall–Kier alpha value is -1.32. The Morgan fingerprint density at radius 1 is 1.53 bits per heavy atom. The molecule has 0 spiro atoms. The molecular formula is C11H16N2O2. The number of amides is 1. The predicted octanol–water partition coefficient (Wildman–Crippen LogP) is 2.23. The van der Waals surface area contributed by atoms with Crippen LogP contribution in [0, 0.1) is 17.3 Å². The Morgan fingerprint density at radius 2 is 2.27 bits per heavy atom. The number of carbonyl (C=O) groups is 1. The molecule has 0 saturated heterocycles. The first-order valence-electron chi connectivity index (χ1n) is 5.25. The van der Waals surface area contributed by atoms with Crippen LogP contribution < -0.4 is 0 Å². The third-order valence-electron chi connectivity index (χ3n) is 3.24. The Kier molecular flexibility index (Phi) is 2.29. The van der Waals surface area contributed by atoms with Gasteiger partial charge in [-0.3, -0.25) is 0 Å². The van der Waals surface area contributed by atoms with Gasteiger partial charge in [-0.1, -0.05) is 19.9 Å². The lowest BCUT2D eigenvalue weighted by molar-refractivity contribution is 0.123. The summed E-state index contributed by atoms with van der Waals surface area (Å²) in [5.41, 5.74) is 0.292. The van der Waals surface area contributed by atoms with Gasteiger partial charge in [0.25, 0.3) is 0 Å². The van der Waals surface area contributed by atoms with E-state index in [-0.39, 0.29) is 0 Å². The molecule has 0 N–H and O–H groups in total. The smallest absolute Gasteiger partial charge is 0.434 e. The second-order valence-electron chi connectivity index (χ2n) is 4.52. The Morgan fingerprint density at radius 3 is 2.93 bits per heavy atom. The first-order chi connectivity index (χ1) is 7.07. The average molecular weight is 208 g/mol. The van der Waals surface area contributed by atoms with E-state index in [1.54, 1.807) is 13.1 Å². The molecule has 1 heterocycles. The zero-order valence-electron chi connectivity index (χ0n) is 9.30. The minimum Gasteiger partial charge on any atom is -0.448 e. The molecule has 0 bridgehead atoms. The van der Waals surface area contributed by atoms with E-state index < -0.39 is 6.09 Å². The fourth-order valence-corrected chi connectivity index (χ4v) is 2.02. The summed E-state index contributed by atoms with van der Waals surface area (Å²) in [6.07, 6.45) is 5.17. The van der Waals surface area contributed by atoms with Crippen LogP contribution in [0.15, 0.2) is 17.4 Å². The summed E-state index contributed by atoms with van der Waals surface area (Å²) >= 11 is 0. The molecule has 1 aliphatic heterocycles. The topological polar surface area (TPSA) is 41.9 Å². The molecule has 0 aromatic heterocycles. The molecule has 1 amide bonds. The summed E-state index contributed by atoms with van der Waals surface area (Å²) in [5.74, 6) is 0.953. The minimum absolute atomic E-state index is 0.292. The number of fused-ring (bicyclic) bond motifs is 1. The highest BCUT2D eigenvalue weighted by Gasteiger charge is 2.56. The summed E-state index contributed by atoms with van der Waals surface area (Å²) in [6.45, 7) is 6.57. The lowest BCUT2D eigenvalue weighted by atomic mass is 10.1. The molecule has 2 rings (SSSR count). The molecule has 0 aromatic rings. The van der Waals surface area contributed by atoms with Gasteiger partial charge in [0.15, 0.2) is 0 Å². The first-order valence-corrected chi connectivity index (χ1v) is 5.25. The maximum absolute atomic E-state index is 11.4. The maximum atomic E-state index is 11.4. The van der Waals surface area contributed by atoms with Crippen molar-refractivity contribution in [2.75, 3.05) is 6.61 Å².